The van der Waals surface area contributed by atoms with Crippen molar-refractivity contribution < 1.29 is 13.2 Å². The highest BCUT2D eigenvalue weighted by molar-refractivity contribution is 7.90. The second kappa shape index (κ2) is 7.88. The van der Waals surface area contributed by atoms with Gasteiger partial charge in [0.1, 0.15) is 5.82 Å². The molecular weight excluding hydrogens is 396 g/mol. The molecule has 0 spiro atoms. The first-order valence-corrected chi connectivity index (χ1v) is 11.6. The van der Waals surface area contributed by atoms with E-state index in [1.54, 1.807) is 19.1 Å². The number of carbonyl (C=O) groups is 1. The SMILES string of the molecule is CC(=O)c1ccccc1-c1ccc2nc(CCc3ccc(S(C)(=O)=O)cc3)[nH]c2c1. The minimum atomic E-state index is -3.18. The molecule has 0 saturated heterocycles. The van der Waals surface area contributed by atoms with E-state index in [0.717, 1.165) is 40.0 Å². The van der Waals surface area contributed by atoms with Crippen molar-refractivity contribution in [2.45, 2.75) is 24.7 Å². The number of hydrogen-bond acceptors (Lipinski definition) is 4. The van der Waals surface area contributed by atoms with Crippen molar-refractivity contribution in [3.05, 3.63) is 83.7 Å². The Hall–Kier alpha value is -3.25. The summed E-state index contributed by atoms with van der Waals surface area (Å²) in [6.07, 6.45) is 2.68. The van der Waals surface area contributed by atoms with Gasteiger partial charge in [-0.15, -0.1) is 0 Å². The molecule has 1 heterocycles. The van der Waals surface area contributed by atoms with E-state index in [1.165, 1.54) is 6.26 Å². The number of rotatable bonds is 6. The minimum absolute atomic E-state index is 0.0397. The third-order valence-electron chi connectivity index (χ3n) is 5.15. The fraction of sp³-hybridized carbons (Fsp3) is 0.167. The summed E-state index contributed by atoms with van der Waals surface area (Å²) in [6, 6.07) is 20.5. The van der Waals surface area contributed by atoms with Crippen LogP contribution in [-0.2, 0) is 22.7 Å². The van der Waals surface area contributed by atoms with E-state index in [9.17, 15) is 13.2 Å². The Bertz CT molecular complexity index is 1340. The summed E-state index contributed by atoms with van der Waals surface area (Å²) in [4.78, 5) is 20.3. The van der Waals surface area contributed by atoms with Gasteiger partial charge in [0, 0.05) is 18.2 Å². The van der Waals surface area contributed by atoms with E-state index in [0.29, 0.717) is 16.9 Å². The van der Waals surface area contributed by atoms with Gasteiger partial charge < -0.3 is 4.98 Å². The van der Waals surface area contributed by atoms with Gasteiger partial charge in [0.15, 0.2) is 15.6 Å². The van der Waals surface area contributed by atoms with Gasteiger partial charge in [0.2, 0.25) is 0 Å². The van der Waals surface area contributed by atoms with Gasteiger partial charge in [-0.25, -0.2) is 13.4 Å². The van der Waals surface area contributed by atoms with Gasteiger partial charge in [0.25, 0.3) is 0 Å². The van der Waals surface area contributed by atoms with Crippen LogP contribution in [0.15, 0.2) is 71.6 Å². The van der Waals surface area contributed by atoms with Crippen LogP contribution in [0.1, 0.15) is 28.7 Å². The molecule has 6 heteroatoms. The zero-order chi connectivity index (χ0) is 21.3. The Kier molecular flexibility index (Phi) is 5.26. The number of nitrogens with one attached hydrogen (secondary N) is 1. The number of ketones is 1. The van der Waals surface area contributed by atoms with Crippen molar-refractivity contribution in [2.24, 2.45) is 0 Å². The van der Waals surface area contributed by atoms with Crippen LogP contribution in [0.4, 0.5) is 0 Å². The summed E-state index contributed by atoms with van der Waals surface area (Å²) in [5.74, 6) is 0.909. The van der Waals surface area contributed by atoms with Gasteiger partial charge in [-0.1, -0.05) is 42.5 Å². The van der Waals surface area contributed by atoms with Crippen molar-refractivity contribution in [1.82, 2.24) is 9.97 Å². The largest absolute Gasteiger partial charge is 0.342 e. The fourth-order valence-corrected chi connectivity index (χ4v) is 4.19. The van der Waals surface area contributed by atoms with Crippen LogP contribution < -0.4 is 0 Å². The first kappa shape index (κ1) is 20.0. The number of carbonyl (C=O) groups excluding carboxylic acids is 1. The number of fused-ring (bicyclic) bond motifs is 1. The summed E-state index contributed by atoms with van der Waals surface area (Å²) < 4.78 is 23.2. The molecule has 152 valence electrons. The van der Waals surface area contributed by atoms with Crippen molar-refractivity contribution in [3.8, 4) is 11.1 Å². The smallest absolute Gasteiger partial charge is 0.175 e. The van der Waals surface area contributed by atoms with Gasteiger partial charge in [-0.3, -0.25) is 4.79 Å². The summed E-state index contributed by atoms with van der Waals surface area (Å²) in [6.45, 7) is 1.58. The molecule has 0 aliphatic rings. The quantitative estimate of drug-likeness (QED) is 0.463. The van der Waals surface area contributed by atoms with Crippen molar-refractivity contribution in [3.63, 3.8) is 0 Å². The minimum Gasteiger partial charge on any atom is -0.342 e. The second-order valence-electron chi connectivity index (χ2n) is 7.43. The highest BCUT2D eigenvalue weighted by Crippen LogP contribution is 2.27. The van der Waals surface area contributed by atoms with Crippen LogP contribution in [-0.4, -0.2) is 30.4 Å². The molecule has 0 aliphatic carbocycles. The van der Waals surface area contributed by atoms with Crippen LogP contribution in [0.25, 0.3) is 22.2 Å². The molecule has 0 amide bonds. The maximum absolute atomic E-state index is 11.9. The molecule has 1 aromatic heterocycles. The molecule has 0 radical (unpaired) electrons. The first-order valence-electron chi connectivity index (χ1n) is 9.69. The zero-order valence-corrected chi connectivity index (χ0v) is 17.7. The lowest BCUT2D eigenvalue weighted by atomic mass is 9.97. The highest BCUT2D eigenvalue weighted by Gasteiger charge is 2.11. The third kappa shape index (κ3) is 4.19. The van der Waals surface area contributed by atoms with E-state index < -0.39 is 9.84 Å². The van der Waals surface area contributed by atoms with Crippen LogP contribution >= 0.6 is 0 Å². The Labute approximate surface area is 175 Å². The number of aryl methyl sites for hydroxylation is 2. The van der Waals surface area contributed by atoms with E-state index >= 15 is 0 Å². The fourth-order valence-electron chi connectivity index (χ4n) is 3.56. The molecule has 30 heavy (non-hydrogen) atoms. The van der Waals surface area contributed by atoms with Gasteiger partial charge in [-0.05, 0) is 54.3 Å². The highest BCUT2D eigenvalue weighted by atomic mass is 32.2. The summed E-state index contributed by atoms with van der Waals surface area (Å²) in [5.41, 5.74) is 5.44. The Morgan fingerprint density at radius 2 is 1.70 bits per heavy atom. The molecule has 0 aliphatic heterocycles. The summed E-state index contributed by atoms with van der Waals surface area (Å²) >= 11 is 0. The number of aromatic amines is 1. The van der Waals surface area contributed by atoms with Crippen molar-refractivity contribution >= 4 is 26.7 Å². The van der Waals surface area contributed by atoms with Gasteiger partial charge in [-0.2, -0.15) is 0 Å². The van der Waals surface area contributed by atoms with Crippen LogP contribution in [0, 0.1) is 0 Å². The lowest BCUT2D eigenvalue weighted by Gasteiger charge is -2.06. The molecule has 4 aromatic rings. The summed E-state index contributed by atoms with van der Waals surface area (Å²) in [7, 11) is -3.18. The molecule has 0 fully saturated rings. The Morgan fingerprint density at radius 3 is 2.40 bits per heavy atom. The maximum atomic E-state index is 11.9. The van der Waals surface area contributed by atoms with Crippen LogP contribution in [0.2, 0.25) is 0 Å². The standard InChI is InChI=1S/C24H22N2O3S/c1-16(27)20-5-3-4-6-21(20)18-10-13-22-23(15-18)26-24(25-22)14-9-17-7-11-19(12-8-17)30(2,28)29/h3-8,10-13,15H,9,14H2,1-2H3,(H,25,26). The number of Topliss-reactive ketones (excluding diaryl/α,β-unsaturated/α-hetero) is 1. The zero-order valence-electron chi connectivity index (χ0n) is 16.8. The molecule has 5 nitrogen and oxygen atoms in total. The molecule has 0 unspecified atom stereocenters. The monoisotopic (exact) mass is 418 g/mol. The number of hydrogen-bond donors (Lipinski definition) is 1. The van der Waals surface area contributed by atoms with E-state index in [4.69, 9.17) is 0 Å². The van der Waals surface area contributed by atoms with Crippen LogP contribution in [0.3, 0.4) is 0 Å². The Morgan fingerprint density at radius 1 is 0.967 bits per heavy atom. The summed E-state index contributed by atoms with van der Waals surface area (Å²) in [5, 5.41) is 0. The molecule has 3 aromatic carbocycles. The predicted octanol–water partition coefficient (Wildman–Crippen LogP) is 4.62. The molecule has 1 N–H and O–H groups in total. The lowest BCUT2D eigenvalue weighted by molar-refractivity contribution is 0.101. The third-order valence-corrected chi connectivity index (χ3v) is 6.28. The van der Waals surface area contributed by atoms with E-state index in [-0.39, 0.29) is 5.78 Å². The first-order chi connectivity index (χ1) is 14.3. The number of nitrogens with zero attached hydrogens (tertiary/aromatic N) is 1. The average Bonchev–Trinajstić information content (AvgIpc) is 3.14. The average molecular weight is 419 g/mol. The Balaban J connectivity index is 1.55. The van der Waals surface area contributed by atoms with E-state index in [2.05, 4.69) is 9.97 Å². The maximum Gasteiger partial charge on any atom is 0.175 e. The molecular formula is C24H22N2O3S. The number of imidazole rings is 1. The number of benzene rings is 3. The number of sulfone groups is 1. The van der Waals surface area contributed by atoms with Crippen molar-refractivity contribution in [2.75, 3.05) is 6.26 Å². The molecule has 4 rings (SSSR count). The number of aromatic nitrogens is 2. The normalized spacial score (nSPS) is 11.7. The molecule has 0 atom stereocenters. The van der Waals surface area contributed by atoms with Gasteiger partial charge >= 0.3 is 0 Å². The van der Waals surface area contributed by atoms with Crippen molar-refractivity contribution in [1.29, 1.82) is 0 Å². The molecule has 0 bridgehead atoms. The van der Waals surface area contributed by atoms with Gasteiger partial charge in [0.05, 0.1) is 15.9 Å². The molecule has 0 saturated carbocycles. The topological polar surface area (TPSA) is 79.9 Å². The van der Waals surface area contributed by atoms with E-state index in [1.807, 2.05) is 54.6 Å². The van der Waals surface area contributed by atoms with Crippen LogP contribution in [0.5, 0.6) is 0 Å². The predicted molar refractivity (Wildman–Crippen MR) is 118 cm³/mol. The number of H-pyrrole nitrogens is 1. The second-order valence-corrected chi connectivity index (χ2v) is 9.45. The lowest BCUT2D eigenvalue weighted by Crippen LogP contribution is -1.98.